The maximum Gasteiger partial charge on any atom is 0.174 e. The van der Waals surface area contributed by atoms with E-state index in [4.69, 9.17) is 11.6 Å². The Morgan fingerprint density at radius 1 is 0.909 bits per heavy atom. The molecule has 0 aromatic rings. The van der Waals surface area contributed by atoms with Crippen LogP contribution in [0, 0.1) is 28.6 Å². The molecule has 0 spiro atoms. The highest BCUT2D eigenvalue weighted by Crippen LogP contribution is 2.65. The molecule has 4 aliphatic rings. The lowest BCUT2D eigenvalue weighted by molar-refractivity contribution is -0.132. The number of carbonyl (C=O) groups is 2. The van der Waals surface area contributed by atoms with Gasteiger partial charge < -0.3 is 0 Å². The van der Waals surface area contributed by atoms with Crippen molar-refractivity contribution < 1.29 is 9.59 Å². The third-order valence-corrected chi connectivity index (χ3v) is 8.20. The minimum absolute atomic E-state index is 0.0625. The summed E-state index contributed by atoms with van der Waals surface area (Å²) in [6.07, 6.45) is 7.66. The van der Waals surface area contributed by atoms with E-state index >= 15 is 0 Å². The van der Waals surface area contributed by atoms with Crippen molar-refractivity contribution in [1.82, 2.24) is 0 Å². The van der Waals surface area contributed by atoms with Crippen LogP contribution < -0.4 is 0 Å². The van der Waals surface area contributed by atoms with E-state index in [0.717, 1.165) is 44.9 Å². The predicted molar refractivity (Wildman–Crippen MR) is 86.5 cm³/mol. The van der Waals surface area contributed by atoms with E-state index < -0.39 is 0 Å². The maximum atomic E-state index is 12.4. The first kappa shape index (κ1) is 14.9. The van der Waals surface area contributed by atoms with Gasteiger partial charge in [0.25, 0.3) is 0 Å². The standard InChI is InChI=1S/C19H25ClO2/c1-18-10-8-15(21)17(20)14(18)4-3-11-12-5-6-16(22)19(12,2)9-7-13(11)18/h11-13H,3-10H2,1-2H3/t11?,12?,13?,18-,19+/m1/s1. The Balaban J connectivity index is 1.73. The fourth-order valence-corrected chi connectivity index (χ4v) is 6.83. The zero-order valence-corrected chi connectivity index (χ0v) is 14.3. The van der Waals surface area contributed by atoms with Gasteiger partial charge in [-0.2, -0.15) is 0 Å². The molecule has 0 aromatic carbocycles. The molecule has 2 nitrogen and oxygen atoms in total. The summed E-state index contributed by atoms with van der Waals surface area (Å²) in [6, 6.07) is 0. The molecule has 0 radical (unpaired) electrons. The SMILES string of the molecule is C[C@]12CCC(=O)C(Cl)=C1CCC1C2CC[C@]2(C)C(=O)CCC12. The van der Waals surface area contributed by atoms with Gasteiger partial charge in [0.05, 0.1) is 5.03 Å². The molecule has 3 unspecified atom stereocenters. The molecule has 3 saturated carbocycles. The molecule has 0 aromatic heterocycles. The monoisotopic (exact) mass is 320 g/mol. The number of hydrogen-bond donors (Lipinski definition) is 0. The van der Waals surface area contributed by atoms with Gasteiger partial charge in [-0.25, -0.2) is 0 Å². The van der Waals surface area contributed by atoms with E-state index in [9.17, 15) is 9.59 Å². The van der Waals surface area contributed by atoms with E-state index in [2.05, 4.69) is 13.8 Å². The van der Waals surface area contributed by atoms with Gasteiger partial charge in [0.1, 0.15) is 5.78 Å². The van der Waals surface area contributed by atoms with Crippen molar-refractivity contribution in [3.8, 4) is 0 Å². The van der Waals surface area contributed by atoms with Crippen LogP contribution in [0.3, 0.4) is 0 Å². The minimum Gasteiger partial charge on any atom is -0.299 e. The second-order valence-electron chi connectivity index (χ2n) is 8.47. The maximum absolute atomic E-state index is 12.4. The Morgan fingerprint density at radius 2 is 1.64 bits per heavy atom. The van der Waals surface area contributed by atoms with Crippen LogP contribution in [0.1, 0.15) is 65.2 Å². The molecule has 5 atom stereocenters. The highest BCUT2D eigenvalue weighted by molar-refractivity contribution is 6.43. The largest absolute Gasteiger partial charge is 0.299 e. The Bertz CT molecular complexity index is 592. The van der Waals surface area contributed by atoms with E-state index in [1.807, 2.05) is 0 Å². The number of Topliss-reactive ketones (excluding diaryl/α,β-unsaturated/α-hetero) is 2. The van der Waals surface area contributed by atoms with Gasteiger partial charge in [-0.3, -0.25) is 9.59 Å². The molecule has 0 N–H and O–H groups in total. The van der Waals surface area contributed by atoms with E-state index in [1.165, 1.54) is 5.57 Å². The topological polar surface area (TPSA) is 34.1 Å². The van der Waals surface area contributed by atoms with Gasteiger partial charge in [-0.05, 0) is 67.3 Å². The van der Waals surface area contributed by atoms with Crippen molar-refractivity contribution in [2.24, 2.45) is 28.6 Å². The lowest BCUT2D eigenvalue weighted by Crippen LogP contribution is -2.50. The molecule has 0 amide bonds. The molecular weight excluding hydrogens is 296 g/mol. The van der Waals surface area contributed by atoms with Gasteiger partial charge >= 0.3 is 0 Å². The van der Waals surface area contributed by atoms with Crippen LogP contribution in [0.25, 0.3) is 0 Å². The van der Waals surface area contributed by atoms with Crippen LogP contribution in [0.5, 0.6) is 0 Å². The van der Waals surface area contributed by atoms with Crippen LogP contribution in [-0.4, -0.2) is 11.6 Å². The van der Waals surface area contributed by atoms with Crippen molar-refractivity contribution in [2.45, 2.75) is 65.2 Å². The molecule has 3 fully saturated rings. The van der Waals surface area contributed by atoms with E-state index in [0.29, 0.717) is 35.0 Å². The van der Waals surface area contributed by atoms with Gasteiger partial charge in [0.15, 0.2) is 5.78 Å². The lowest BCUT2D eigenvalue weighted by Gasteiger charge is -2.57. The Labute approximate surface area is 137 Å². The zero-order chi connectivity index (χ0) is 15.7. The molecule has 0 bridgehead atoms. The summed E-state index contributed by atoms with van der Waals surface area (Å²) in [5.74, 6) is 2.47. The molecule has 120 valence electrons. The molecule has 22 heavy (non-hydrogen) atoms. The Morgan fingerprint density at radius 3 is 2.41 bits per heavy atom. The quantitative estimate of drug-likeness (QED) is 0.651. The van der Waals surface area contributed by atoms with E-state index in [-0.39, 0.29) is 16.6 Å². The first-order chi connectivity index (χ1) is 10.4. The Kier molecular flexibility index (Phi) is 3.18. The van der Waals surface area contributed by atoms with Crippen LogP contribution in [-0.2, 0) is 9.59 Å². The predicted octanol–water partition coefficient (Wildman–Crippen LogP) is 4.65. The van der Waals surface area contributed by atoms with E-state index in [1.54, 1.807) is 0 Å². The van der Waals surface area contributed by atoms with Crippen molar-refractivity contribution in [3.05, 3.63) is 10.6 Å². The number of ketones is 2. The first-order valence-corrected chi connectivity index (χ1v) is 9.21. The Hall–Kier alpha value is -0.630. The third kappa shape index (κ3) is 1.74. The van der Waals surface area contributed by atoms with Crippen molar-refractivity contribution in [1.29, 1.82) is 0 Å². The zero-order valence-electron chi connectivity index (χ0n) is 13.6. The fraction of sp³-hybridized carbons (Fsp3) is 0.789. The lowest BCUT2D eigenvalue weighted by atomic mass is 9.47. The van der Waals surface area contributed by atoms with Gasteiger partial charge in [0.2, 0.25) is 0 Å². The highest BCUT2D eigenvalue weighted by atomic mass is 35.5. The average Bonchev–Trinajstić information content (AvgIpc) is 2.79. The smallest absolute Gasteiger partial charge is 0.174 e. The number of fused-ring (bicyclic) bond motifs is 5. The summed E-state index contributed by atoms with van der Waals surface area (Å²) < 4.78 is 0. The average molecular weight is 321 g/mol. The van der Waals surface area contributed by atoms with Gasteiger partial charge in [-0.1, -0.05) is 25.4 Å². The second-order valence-corrected chi connectivity index (χ2v) is 8.84. The third-order valence-electron chi connectivity index (χ3n) is 7.76. The summed E-state index contributed by atoms with van der Waals surface area (Å²) in [5, 5.41) is 0.544. The number of halogens is 1. The summed E-state index contributed by atoms with van der Waals surface area (Å²) in [6.45, 7) is 4.56. The van der Waals surface area contributed by atoms with Gasteiger partial charge in [-0.15, -0.1) is 0 Å². The van der Waals surface area contributed by atoms with Crippen LogP contribution >= 0.6 is 11.6 Å². The van der Waals surface area contributed by atoms with Crippen LogP contribution in [0.2, 0.25) is 0 Å². The molecule has 0 saturated heterocycles. The normalized spacial score (nSPS) is 48.0. The number of rotatable bonds is 0. The molecule has 0 aliphatic heterocycles. The van der Waals surface area contributed by atoms with Crippen molar-refractivity contribution >= 4 is 23.2 Å². The molecule has 4 rings (SSSR count). The second kappa shape index (κ2) is 4.69. The summed E-state index contributed by atoms with van der Waals surface area (Å²) in [4.78, 5) is 24.4. The van der Waals surface area contributed by atoms with Crippen LogP contribution in [0.4, 0.5) is 0 Å². The summed E-state index contributed by atoms with van der Waals surface area (Å²) >= 11 is 6.40. The molecule has 3 heteroatoms. The number of allylic oxidation sites excluding steroid dienone is 1. The molecule has 0 heterocycles. The van der Waals surface area contributed by atoms with Crippen LogP contribution in [0.15, 0.2) is 10.6 Å². The molecule has 4 aliphatic carbocycles. The van der Waals surface area contributed by atoms with Crippen molar-refractivity contribution in [2.75, 3.05) is 0 Å². The fourth-order valence-electron chi connectivity index (χ4n) is 6.42. The number of hydrogen-bond acceptors (Lipinski definition) is 2. The van der Waals surface area contributed by atoms with Gasteiger partial charge in [0, 0.05) is 18.3 Å². The first-order valence-electron chi connectivity index (χ1n) is 8.83. The highest BCUT2D eigenvalue weighted by Gasteiger charge is 2.59. The number of carbonyl (C=O) groups excluding carboxylic acids is 2. The summed E-state index contributed by atoms with van der Waals surface area (Å²) in [7, 11) is 0. The summed E-state index contributed by atoms with van der Waals surface area (Å²) in [5.41, 5.74) is 1.27. The molecular formula is C19H25ClO2. The van der Waals surface area contributed by atoms with Crippen molar-refractivity contribution in [3.63, 3.8) is 0 Å². The minimum atomic E-state index is -0.0625.